The van der Waals surface area contributed by atoms with E-state index < -0.39 is 5.82 Å². The van der Waals surface area contributed by atoms with Crippen LogP contribution >= 0.6 is 23.2 Å². The maximum atomic E-state index is 13.8. The summed E-state index contributed by atoms with van der Waals surface area (Å²) in [6.07, 6.45) is 6.31. The summed E-state index contributed by atoms with van der Waals surface area (Å²) < 4.78 is 21.2. The first-order valence-corrected chi connectivity index (χ1v) is 14.4. The van der Waals surface area contributed by atoms with E-state index in [2.05, 4.69) is 38.3 Å². The fourth-order valence-corrected chi connectivity index (χ4v) is 5.89. The quantitative estimate of drug-likeness (QED) is 0.272. The van der Waals surface area contributed by atoms with E-state index in [0.717, 1.165) is 65.0 Å². The first-order valence-electron chi connectivity index (χ1n) is 13.7. The van der Waals surface area contributed by atoms with E-state index in [1.54, 1.807) is 24.4 Å². The number of hydrogen-bond acceptors (Lipinski definition) is 5. The van der Waals surface area contributed by atoms with Crippen molar-refractivity contribution >= 4 is 51.9 Å². The van der Waals surface area contributed by atoms with Crippen LogP contribution < -0.4 is 10.2 Å². The molecule has 4 aromatic rings. The van der Waals surface area contributed by atoms with Crippen molar-refractivity contribution in [1.82, 2.24) is 19.8 Å². The molecule has 0 radical (unpaired) electrons. The van der Waals surface area contributed by atoms with Gasteiger partial charge in [0.15, 0.2) is 0 Å². The fourth-order valence-electron chi connectivity index (χ4n) is 5.57. The fraction of sp³-hybridized carbons (Fsp3) is 0.290. The monoisotopic (exact) mass is 593 g/mol. The summed E-state index contributed by atoms with van der Waals surface area (Å²) in [5.74, 6) is -0.425. The Labute approximate surface area is 248 Å². The Morgan fingerprint density at radius 3 is 2.73 bits per heavy atom. The number of pyridine rings is 1. The number of anilines is 1. The number of halogens is 3. The number of nitrogens with zero attached hydrogens (tertiary/aromatic N) is 4. The smallest absolute Gasteiger partial charge is 0.326 e. The summed E-state index contributed by atoms with van der Waals surface area (Å²) in [6, 6.07) is 14.6. The van der Waals surface area contributed by atoms with Crippen LogP contribution in [0, 0.1) is 5.82 Å². The third-order valence-electron chi connectivity index (χ3n) is 7.64. The number of aromatic nitrogens is 2. The normalized spacial score (nSPS) is 15.9. The number of benzene rings is 2. The Bertz CT molecular complexity index is 1620. The van der Waals surface area contributed by atoms with Crippen LogP contribution in [0.2, 0.25) is 10.2 Å². The van der Waals surface area contributed by atoms with Crippen LogP contribution in [-0.4, -0.2) is 59.9 Å². The summed E-state index contributed by atoms with van der Waals surface area (Å²) in [5.41, 5.74) is 5.83. The van der Waals surface area contributed by atoms with Gasteiger partial charge in [-0.05, 0) is 53.1 Å². The molecule has 0 bridgehead atoms. The van der Waals surface area contributed by atoms with Gasteiger partial charge in [-0.25, -0.2) is 14.2 Å². The topological polar surface area (TPSA) is 62.6 Å². The predicted molar refractivity (Wildman–Crippen MR) is 161 cm³/mol. The van der Waals surface area contributed by atoms with Gasteiger partial charge in [-0.15, -0.1) is 0 Å². The minimum absolute atomic E-state index is 0.118. The number of morpholine rings is 1. The summed E-state index contributed by atoms with van der Waals surface area (Å²) in [5, 5.41) is 4.67. The molecule has 0 saturated carbocycles. The zero-order chi connectivity index (χ0) is 28.3. The Kier molecular flexibility index (Phi) is 8.25. The summed E-state index contributed by atoms with van der Waals surface area (Å²) in [6.45, 7) is 5.58. The number of rotatable bonds is 6. The molecule has 41 heavy (non-hydrogen) atoms. The molecule has 2 aliphatic rings. The molecule has 2 aliphatic heterocycles. The number of fused-ring (bicyclic) bond motifs is 3. The van der Waals surface area contributed by atoms with Gasteiger partial charge in [-0.2, -0.15) is 0 Å². The first kappa shape index (κ1) is 27.7. The lowest BCUT2D eigenvalue weighted by Crippen LogP contribution is -2.36. The molecule has 10 heteroatoms. The van der Waals surface area contributed by atoms with E-state index in [4.69, 9.17) is 27.9 Å². The third-order valence-corrected chi connectivity index (χ3v) is 8.16. The van der Waals surface area contributed by atoms with Gasteiger partial charge >= 0.3 is 6.03 Å². The highest BCUT2D eigenvalue weighted by molar-refractivity contribution is 6.30. The van der Waals surface area contributed by atoms with Crippen LogP contribution in [0.4, 0.5) is 14.9 Å². The summed E-state index contributed by atoms with van der Waals surface area (Å²) >= 11 is 11.9. The molecule has 1 fully saturated rings. The highest BCUT2D eigenvalue weighted by Gasteiger charge is 2.27. The number of nitrogens with one attached hydrogen (secondary N) is 1. The van der Waals surface area contributed by atoms with Crippen molar-refractivity contribution < 1.29 is 13.9 Å². The van der Waals surface area contributed by atoms with Crippen molar-refractivity contribution in [2.75, 3.05) is 44.3 Å². The molecule has 7 nitrogen and oxygen atoms in total. The van der Waals surface area contributed by atoms with Gasteiger partial charge in [0.05, 0.1) is 23.8 Å². The van der Waals surface area contributed by atoms with Gasteiger partial charge in [0, 0.05) is 68.7 Å². The second-order valence-corrected chi connectivity index (χ2v) is 11.1. The Morgan fingerprint density at radius 2 is 1.93 bits per heavy atom. The Balaban J connectivity index is 1.27. The average molecular weight is 595 g/mol. The van der Waals surface area contributed by atoms with E-state index >= 15 is 0 Å². The Morgan fingerprint density at radius 1 is 1.07 bits per heavy atom. The number of carbonyl (C=O) groups excluding carboxylic acids is 1. The maximum Gasteiger partial charge on any atom is 0.326 e. The lowest BCUT2D eigenvalue weighted by Gasteiger charge is -2.29. The lowest BCUT2D eigenvalue weighted by atomic mass is 10.0. The van der Waals surface area contributed by atoms with Crippen LogP contribution in [0.3, 0.4) is 0 Å². The molecule has 212 valence electrons. The van der Waals surface area contributed by atoms with Gasteiger partial charge in [-0.1, -0.05) is 47.5 Å². The van der Waals surface area contributed by atoms with E-state index in [0.29, 0.717) is 38.0 Å². The minimum Gasteiger partial charge on any atom is -0.378 e. The number of carbonyl (C=O) groups is 1. The minimum atomic E-state index is -0.425. The average Bonchev–Trinajstić information content (AvgIpc) is 3.31. The standard InChI is InChI=1S/C31H30Cl2FN5O2/c32-26-6-3-21(16-27(26)34)2-1-10-37-11-8-28-25(20-37)24-5-4-23(38-12-14-41-15-13-38)18-29(24)39(28)31(40)36-19-22-7-9-35-30(33)17-22/h1-7,9,16-18H,8,10-15,19-20H2,(H,36,40). The number of hydrogen-bond donors (Lipinski definition) is 1. The number of amides is 1. The van der Waals surface area contributed by atoms with Gasteiger partial charge in [0.2, 0.25) is 0 Å². The van der Waals surface area contributed by atoms with Crippen molar-refractivity contribution in [2.24, 2.45) is 0 Å². The maximum absolute atomic E-state index is 13.8. The SMILES string of the molecule is O=C(NCc1ccnc(Cl)c1)n1c2c(c3ccc(N4CCOCC4)cc31)CN(CC=Cc1ccc(Cl)c(F)c1)CC2. The molecule has 1 amide bonds. The van der Waals surface area contributed by atoms with Crippen molar-refractivity contribution in [2.45, 2.75) is 19.5 Å². The highest BCUT2D eigenvalue weighted by atomic mass is 35.5. The zero-order valence-corrected chi connectivity index (χ0v) is 24.0. The van der Waals surface area contributed by atoms with Crippen molar-refractivity contribution in [3.8, 4) is 0 Å². The molecule has 0 aliphatic carbocycles. The van der Waals surface area contributed by atoms with Crippen molar-refractivity contribution in [1.29, 1.82) is 0 Å². The summed E-state index contributed by atoms with van der Waals surface area (Å²) in [7, 11) is 0. The second-order valence-electron chi connectivity index (χ2n) is 10.3. The highest BCUT2D eigenvalue weighted by Crippen LogP contribution is 2.34. The predicted octanol–water partition coefficient (Wildman–Crippen LogP) is 6.15. The van der Waals surface area contributed by atoms with Gasteiger partial charge < -0.3 is 15.0 Å². The van der Waals surface area contributed by atoms with Crippen LogP contribution in [0.15, 0.2) is 60.8 Å². The van der Waals surface area contributed by atoms with Crippen molar-refractivity contribution in [3.05, 3.63) is 99.2 Å². The molecule has 0 unspecified atom stereocenters. The molecular weight excluding hydrogens is 564 g/mol. The van der Waals surface area contributed by atoms with Gasteiger partial charge in [0.25, 0.3) is 0 Å². The van der Waals surface area contributed by atoms with Crippen LogP contribution in [0.5, 0.6) is 0 Å². The molecule has 0 atom stereocenters. The molecule has 2 aromatic heterocycles. The van der Waals surface area contributed by atoms with E-state index in [9.17, 15) is 9.18 Å². The molecule has 2 aromatic carbocycles. The Hall–Kier alpha value is -3.43. The van der Waals surface area contributed by atoms with Gasteiger partial charge in [-0.3, -0.25) is 9.47 Å². The molecule has 1 N–H and O–H groups in total. The lowest BCUT2D eigenvalue weighted by molar-refractivity contribution is 0.122. The molecular formula is C31H30Cl2FN5O2. The third kappa shape index (κ3) is 6.11. The second kappa shape index (κ2) is 12.2. The van der Waals surface area contributed by atoms with E-state index in [1.165, 1.54) is 6.07 Å². The zero-order valence-electron chi connectivity index (χ0n) is 22.5. The van der Waals surface area contributed by atoms with Gasteiger partial charge in [0.1, 0.15) is 11.0 Å². The van der Waals surface area contributed by atoms with Crippen molar-refractivity contribution in [3.63, 3.8) is 0 Å². The number of ether oxygens (including phenoxy) is 1. The first-order chi connectivity index (χ1) is 20.0. The molecule has 6 rings (SSSR count). The summed E-state index contributed by atoms with van der Waals surface area (Å²) in [4.78, 5) is 22.4. The molecule has 4 heterocycles. The van der Waals surface area contributed by atoms with Crippen LogP contribution in [0.25, 0.3) is 17.0 Å². The van der Waals surface area contributed by atoms with E-state index in [-0.39, 0.29) is 11.1 Å². The molecule has 0 spiro atoms. The van der Waals surface area contributed by atoms with E-state index in [1.807, 2.05) is 22.8 Å². The van der Waals surface area contributed by atoms with Crippen LogP contribution in [0.1, 0.15) is 22.4 Å². The molecule has 1 saturated heterocycles. The van der Waals surface area contributed by atoms with Crippen LogP contribution in [-0.2, 0) is 24.2 Å². The largest absolute Gasteiger partial charge is 0.378 e.